The van der Waals surface area contributed by atoms with Crippen LogP contribution in [-0.4, -0.2) is 50.1 Å². The number of rotatable bonds is 3. The largest absolute Gasteiger partial charge is 0.378 e. The molecule has 6 nitrogen and oxygen atoms in total. The number of carbonyl (C=O) groups is 2. The predicted molar refractivity (Wildman–Crippen MR) is 97.6 cm³/mol. The molecule has 0 radical (unpaired) electrons. The van der Waals surface area contributed by atoms with Crippen molar-refractivity contribution in [3.05, 3.63) is 23.3 Å². The average molecular weight is 332 g/mol. The van der Waals surface area contributed by atoms with Gasteiger partial charge in [0.1, 0.15) is 6.04 Å². The standard InChI is InChI=1S/C18H28N4O2/c1-11(2)16-17(23)19-7-8-22(16)18(24)20-15-12(3)9-14(21(5)6)10-13(15)4/h9-11,16H,7-8H2,1-6H3,(H,19,23)(H,20,24)/t16-/m0/s1. The number of hydrogen-bond donors (Lipinski definition) is 2. The highest BCUT2D eigenvalue weighted by Gasteiger charge is 2.35. The first-order chi connectivity index (χ1) is 11.2. The molecule has 2 rings (SSSR count). The molecule has 1 aromatic carbocycles. The zero-order chi connectivity index (χ0) is 18.0. The average Bonchev–Trinajstić information content (AvgIpc) is 2.49. The van der Waals surface area contributed by atoms with E-state index in [4.69, 9.17) is 0 Å². The van der Waals surface area contributed by atoms with Crippen LogP contribution in [-0.2, 0) is 4.79 Å². The van der Waals surface area contributed by atoms with Gasteiger partial charge in [0.2, 0.25) is 5.91 Å². The maximum Gasteiger partial charge on any atom is 0.322 e. The van der Waals surface area contributed by atoms with Gasteiger partial charge < -0.3 is 20.4 Å². The molecule has 1 heterocycles. The third-order valence-electron chi connectivity index (χ3n) is 4.41. The van der Waals surface area contributed by atoms with Crippen molar-refractivity contribution in [3.8, 4) is 0 Å². The highest BCUT2D eigenvalue weighted by Crippen LogP contribution is 2.27. The van der Waals surface area contributed by atoms with Crippen molar-refractivity contribution in [2.24, 2.45) is 5.92 Å². The summed E-state index contributed by atoms with van der Waals surface area (Å²) < 4.78 is 0. The molecule has 0 bridgehead atoms. The van der Waals surface area contributed by atoms with Crippen LogP contribution in [0.15, 0.2) is 12.1 Å². The molecule has 1 fully saturated rings. The number of hydrogen-bond acceptors (Lipinski definition) is 3. The van der Waals surface area contributed by atoms with Gasteiger partial charge in [0.15, 0.2) is 0 Å². The van der Waals surface area contributed by atoms with Gasteiger partial charge in [-0.1, -0.05) is 13.8 Å². The molecule has 1 atom stereocenters. The fraction of sp³-hybridized carbons (Fsp3) is 0.556. The van der Waals surface area contributed by atoms with Gasteiger partial charge in [-0.2, -0.15) is 0 Å². The maximum atomic E-state index is 12.8. The van der Waals surface area contributed by atoms with E-state index in [2.05, 4.69) is 10.6 Å². The Labute approximate surface area is 144 Å². The molecule has 0 aromatic heterocycles. The summed E-state index contributed by atoms with van der Waals surface area (Å²) in [6.07, 6.45) is 0. The van der Waals surface area contributed by atoms with E-state index in [9.17, 15) is 9.59 Å². The van der Waals surface area contributed by atoms with E-state index in [0.29, 0.717) is 13.1 Å². The third kappa shape index (κ3) is 3.63. The first kappa shape index (κ1) is 18.1. The molecule has 6 heteroatoms. The van der Waals surface area contributed by atoms with Gasteiger partial charge in [-0.3, -0.25) is 4.79 Å². The van der Waals surface area contributed by atoms with Crippen LogP contribution >= 0.6 is 0 Å². The third-order valence-corrected chi connectivity index (χ3v) is 4.41. The Hall–Kier alpha value is -2.24. The minimum absolute atomic E-state index is 0.0642. The van der Waals surface area contributed by atoms with Crippen LogP contribution in [0.1, 0.15) is 25.0 Å². The van der Waals surface area contributed by atoms with E-state index in [-0.39, 0.29) is 17.9 Å². The molecule has 0 unspecified atom stereocenters. The highest BCUT2D eigenvalue weighted by atomic mass is 16.2. The zero-order valence-corrected chi connectivity index (χ0v) is 15.4. The Balaban J connectivity index is 2.24. The Morgan fingerprint density at radius 2 is 1.88 bits per heavy atom. The lowest BCUT2D eigenvalue weighted by atomic mass is 10.00. The van der Waals surface area contributed by atoms with Crippen molar-refractivity contribution >= 4 is 23.3 Å². The smallest absolute Gasteiger partial charge is 0.322 e. The van der Waals surface area contributed by atoms with Crippen molar-refractivity contribution in [2.45, 2.75) is 33.7 Å². The van der Waals surface area contributed by atoms with E-state index < -0.39 is 6.04 Å². The van der Waals surface area contributed by atoms with Gasteiger partial charge in [0, 0.05) is 38.6 Å². The Bertz CT molecular complexity index is 617. The minimum Gasteiger partial charge on any atom is -0.378 e. The number of nitrogens with one attached hydrogen (secondary N) is 2. The molecular formula is C18H28N4O2. The van der Waals surface area contributed by atoms with Crippen LogP contribution in [0.5, 0.6) is 0 Å². The SMILES string of the molecule is Cc1cc(N(C)C)cc(C)c1NC(=O)N1CCNC(=O)[C@@H]1C(C)C. The number of carbonyl (C=O) groups excluding carboxylic acids is 2. The molecule has 24 heavy (non-hydrogen) atoms. The van der Waals surface area contributed by atoms with E-state index in [0.717, 1.165) is 22.5 Å². The summed E-state index contributed by atoms with van der Waals surface area (Å²) in [5, 5.41) is 5.85. The van der Waals surface area contributed by atoms with E-state index in [1.54, 1.807) is 4.90 Å². The van der Waals surface area contributed by atoms with Crippen molar-refractivity contribution < 1.29 is 9.59 Å². The number of urea groups is 1. The number of nitrogens with zero attached hydrogens (tertiary/aromatic N) is 2. The van der Waals surface area contributed by atoms with Crippen LogP contribution in [0.4, 0.5) is 16.2 Å². The fourth-order valence-corrected chi connectivity index (χ4v) is 3.15. The molecule has 132 valence electrons. The van der Waals surface area contributed by atoms with Gasteiger partial charge in [-0.05, 0) is 43.0 Å². The van der Waals surface area contributed by atoms with E-state index in [1.807, 2.05) is 58.8 Å². The molecular weight excluding hydrogens is 304 g/mol. The minimum atomic E-state index is -0.430. The summed E-state index contributed by atoms with van der Waals surface area (Å²) >= 11 is 0. The lowest BCUT2D eigenvalue weighted by Gasteiger charge is -2.37. The number of piperazine rings is 1. The van der Waals surface area contributed by atoms with Gasteiger partial charge in [0.05, 0.1) is 0 Å². The molecule has 2 N–H and O–H groups in total. The fourth-order valence-electron chi connectivity index (χ4n) is 3.15. The van der Waals surface area contributed by atoms with Gasteiger partial charge in [-0.25, -0.2) is 4.79 Å². The maximum absolute atomic E-state index is 12.8. The molecule has 3 amide bonds. The van der Waals surface area contributed by atoms with Gasteiger partial charge in [-0.15, -0.1) is 0 Å². The summed E-state index contributed by atoms with van der Waals surface area (Å²) in [7, 11) is 3.98. The number of amides is 3. The molecule has 0 aliphatic carbocycles. The van der Waals surface area contributed by atoms with Crippen molar-refractivity contribution in [2.75, 3.05) is 37.4 Å². The number of aryl methyl sites for hydroxylation is 2. The van der Waals surface area contributed by atoms with Crippen molar-refractivity contribution in [1.29, 1.82) is 0 Å². The lowest BCUT2D eigenvalue weighted by Crippen LogP contribution is -2.60. The van der Waals surface area contributed by atoms with Crippen LogP contribution in [0.2, 0.25) is 0 Å². The normalized spacial score (nSPS) is 17.7. The quantitative estimate of drug-likeness (QED) is 0.893. The second-order valence-corrected chi connectivity index (χ2v) is 6.95. The van der Waals surface area contributed by atoms with E-state index in [1.165, 1.54) is 0 Å². The first-order valence-electron chi connectivity index (χ1n) is 8.36. The Morgan fingerprint density at radius 3 is 2.38 bits per heavy atom. The Morgan fingerprint density at radius 1 is 1.29 bits per heavy atom. The van der Waals surface area contributed by atoms with Gasteiger partial charge >= 0.3 is 6.03 Å². The van der Waals surface area contributed by atoms with Crippen LogP contribution in [0.3, 0.4) is 0 Å². The molecule has 0 spiro atoms. The van der Waals surface area contributed by atoms with Crippen LogP contribution < -0.4 is 15.5 Å². The summed E-state index contributed by atoms with van der Waals surface area (Å²) in [6, 6.07) is 3.45. The summed E-state index contributed by atoms with van der Waals surface area (Å²) in [4.78, 5) is 28.6. The second kappa shape index (κ2) is 7.11. The molecule has 1 aliphatic rings. The van der Waals surface area contributed by atoms with Crippen molar-refractivity contribution in [1.82, 2.24) is 10.2 Å². The van der Waals surface area contributed by atoms with Crippen LogP contribution in [0, 0.1) is 19.8 Å². The van der Waals surface area contributed by atoms with E-state index >= 15 is 0 Å². The molecule has 1 aliphatic heterocycles. The highest BCUT2D eigenvalue weighted by molar-refractivity contribution is 5.96. The topological polar surface area (TPSA) is 64.7 Å². The summed E-state index contributed by atoms with van der Waals surface area (Å²) in [5.74, 6) is -0.0165. The predicted octanol–water partition coefficient (Wildman–Crippen LogP) is 2.36. The second-order valence-electron chi connectivity index (χ2n) is 6.95. The number of anilines is 2. The van der Waals surface area contributed by atoms with Gasteiger partial charge in [0.25, 0.3) is 0 Å². The summed E-state index contributed by atoms with van der Waals surface area (Å²) in [6.45, 7) is 8.90. The van der Waals surface area contributed by atoms with Crippen LogP contribution in [0.25, 0.3) is 0 Å². The lowest BCUT2D eigenvalue weighted by molar-refractivity contribution is -0.129. The van der Waals surface area contributed by atoms with Crippen molar-refractivity contribution in [3.63, 3.8) is 0 Å². The first-order valence-corrected chi connectivity index (χ1v) is 8.36. The molecule has 0 saturated carbocycles. The summed E-state index contributed by atoms with van der Waals surface area (Å²) in [5.41, 5.74) is 3.93. The number of benzene rings is 1. The molecule has 1 aromatic rings. The Kier molecular flexibility index (Phi) is 5.36. The zero-order valence-electron chi connectivity index (χ0n) is 15.4. The molecule has 1 saturated heterocycles. The monoisotopic (exact) mass is 332 g/mol.